The van der Waals surface area contributed by atoms with Gasteiger partial charge >= 0.3 is 0 Å². The molecule has 0 unspecified atom stereocenters. The zero-order chi connectivity index (χ0) is 28.7. The predicted molar refractivity (Wildman–Crippen MR) is 155 cm³/mol. The molecule has 0 saturated carbocycles. The topological polar surface area (TPSA) is 125 Å². The minimum absolute atomic E-state index is 0.0318. The number of benzene rings is 1. The lowest BCUT2D eigenvalue weighted by Gasteiger charge is -2.25. The quantitative estimate of drug-likeness (QED) is 0.352. The van der Waals surface area contributed by atoms with Crippen molar-refractivity contribution in [1.82, 2.24) is 19.8 Å². The number of piperidine rings is 1. The van der Waals surface area contributed by atoms with Crippen LogP contribution in [-0.2, 0) is 21.1 Å². The van der Waals surface area contributed by atoms with Crippen molar-refractivity contribution in [3.63, 3.8) is 0 Å². The third-order valence-corrected chi connectivity index (χ3v) is 8.60. The van der Waals surface area contributed by atoms with Crippen LogP contribution in [0.15, 0.2) is 48.0 Å². The molecule has 3 aromatic rings. The fraction of sp³-hybridized carbons (Fsp3) is 0.400. The van der Waals surface area contributed by atoms with E-state index in [-0.39, 0.29) is 30.4 Å². The molecule has 3 heterocycles. The van der Waals surface area contributed by atoms with Gasteiger partial charge in [0, 0.05) is 36.0 Å². The van der Waals surface area contributed by atoms with Crippen molar-refractivity contribution in [2.75, 3.05) is 31.9 Å². The van der Waals surface area contributed by atoms with E-state index in [0.29, 0.717) is 29.6 Å². The van der Waals surface area contributed by atoms with Crippen LogP contribution in [0.4, 0.5) is 0 Å². The average Bonchev–Trinajstić information content (AvgIpc) is 3.23. The second-order valence-electron chi connectivity index (χ2n) is 10.1. The Bertz CT molecular complexity index is 1560. The van der Waals surface area contributed by atoms with Crippen LogP contribution in [-0.4, -0.2) is 66.5 Å². The zero-order valence-electron chi connectivity index (χ0n) is 23.0. The Morgan fingerprint density at radius 1 is 1.15 bits per heavy atom. The molecular weight excluding hydrogens is 526 g/mol. The number of aryl methyl sites for hydroxylation is 1. The second kappa shape index (κ2) is 13.0. The highest BCUT2D eigenvalue weighted by molar-refractivity contribution is 7.94. The molecule has 0 atom stereocenters. The van der Waals surface area contributed by atoms with Gasteiger partial charge in [0.25, 0.3) is 0 Å². The number of pyridine rings is 1. The van der Waals surface area contributed by atoms with Crippen LogP contribution in [0.3, 0.4) is 0 Å². The first-order chi connectivity index (χ1) is 19.2. The van der Waals surface area contributed by atoms with Crippen LogP contribution in [0.2, 0.25) is 0 Å². The standard InChI is InChI=1S/C30H35N5O4S/c1-3-16-40(38,39)17-13-32-28(37)12-9-24-18-26-30(33-20-24)29(27(36)21-34-14-5-4-6-15-34)22(2)35(26)25-10-7-23(19-31)8-11-25/h3,7-8,10-11,16,18,20H,4-6,9,12-15,17,21H2,1-2H3,(H,32,37)/b16-3+. The first-order valence-corrected chi connectivity index (χ1v) is 15.3. The molecule has 0 spiro atoms. The minimum atomic E-state index is -3.33. The monoisotopic (exact) mass is 561 g/mol. The van der Waals surface area contributed by atoms with Crippen molar-refractivity contribution < 1.29 is 18.0 Å². The van der Waals surface area contributed by atoms with E-state index in [2.05, 4.69) is 16.3 Å². The van der Waals surface area contributed by atoms with Gasteiger partial charge in [-0.3, -0.25) is 19.5 Å². The number of amides is 1. The van der Waals surface area contributed by atoms with Gasteiger partial charge in [-0.05, 0) is 82.1 Å². The fourth-order valence-electron chi connectivity index (χ4n) is 5.16. The summed E-state index contributed by atoms with van der Waals surface area (Å²) in [7, 11) is -3.33. The number of rotatable bonds is 11. The molecule has 2 aromatic heterocycles. The molecule has 1 fully saturated rings. The molecule has 1 aliphatic heterocycles. The van der Waals surface area contributed by atoms with Crippen molar-refractivity contribution in [2.24, 2.45) is 0 Å². The number of sulfone groups is 1. The number of allylic oxidation sites excluding steroid dienone is 1. The Labute approximate surface area is 235 Å². The number of ketones is 1. The highest BCUT2D eigenvalue weighted by Crippen LogP contribution is 2.30. The first kappa shape index (κ1) is 29.2. The van der Waals surface area contributed by atoms with E-state index >= 15 is 0 Å². The lowest BCUT2D eigenvalue weighted by Crippen LogP contribution is -2.34. The number of Topliss-reactive ketones (excluding diaryl/α,β-unsaturated/α-hetero) is 1. The van der Waals surface area contributed by atoms with Gasteiger partial charge in [-0.2, -0.15) is 5.26 Å². The predicted octanol–water partition coefficient (Wildman–Crippen LogP) is 3.87. The largest absolute Gasteiger partial charge is 0.355 e. The molecule has 1 aromatic carbocycles. The van der Waals surface area contributed by atoms with Gasteiger partial charge in [0.05, 0.1) is 40.5 Å². The van der Waals surface area contributed by atoms with Crippen LogP contribution < -0.4 is 5.32 Å². The molecule has 0 radical (unpaired) electrons. The normalized spacial score (nSPS) is 14.4. The number of fused-ring (bicyclic) bond motifs is 1. The molecule has 10 heteroatoms. The summed E-state index contributed by atoms with van der Waals surface area (Å²) in [4.78, 5) is 32.8. The maximum Gasteiger partial charge on any atom is 0.220 e. The number of nitriles is 1. The lowest BCUT2D eigenvalue weighted by atomic mass is 10.1. The molecule has 9 nitrogen and oxygen atoms in total. The number of nitrogens with one attached hydrogen (secondary N) is 1. The van der Waals surface area contributed by atoms with Crippen molar-refractivity contribution in [3.8, 4) is 11.8 Å². The van der Waals surface area contributed by atoms with Gasteiger partial charge in [0.1, 0.15) is 0 Å². The summed E-state index contributed by atoms with van der Waals surface area (Å²) >= 11 is 0. The lowest BCUT2D eigenvalue weighted by molar-refractivity contribution is -0.120. The van der Waals surface area contributed by atoms with Crippen LogP contribution >= 0.6 is 0 Å². The Morgan fingerprint density at radius 3 is 2.55 bits per heavy atom. The van der Waals surface area contributed by atoms with Crippen molar-refractivity contribution in [3.05, 3.63) is 70.4 Å². The smallest absolute Gasteiger partial charge is 0.220 e. The van der Waals surface area contributed by atoms with Gasteiger partial charge in [-0.25, -0.2) is 8.42 Å². The summed E-state index contributed by atoms with van der Waals surface area (Å²) in [5, 5.41) is 13.0. The Balaban J connectivity index is 1.59. The summed E-state index contributed by atoms with van der Waals surface area (Å²) < 4.78 is 25.6. The summed E-state index contributed by atoms with van der Waals surface area (Å²) in [6.45, 7) is 5.78. The number of likely N-dealkylation sites (tertiary alicyclic amines) is 1. The summed E-state index contributed by atoms with van der Waals surface area (Å²) in [6, 6.07) is 11.3. The number of hydrogen-bond donors (Lipinski definition) is 1. The molecule has 4 rings (SSSR count). The van der Waals surface area contributed by atoms with Crippen molar-refractivity contribution in [1.29, 1.82) is 5.26 Å². The maximum absolute atomic E-state index is 13.6. The summed E-state index contributed by atoms with van der Waals surface area (Å²) in [5.74, 6) is -0.363. The molecule has 210 valence electrons. The number of aromatic nitrogens is 2. The SMILES string of the molecule is C/C=C/S(=O)(=O)CCNC(=O)CCc1cnc2c(C(=O)CN3CCCCC3)c(C)n(-c3ccc(C#N)cc3)c2c1. The molecule has 1 aliphatic rings. The maximum atomic E-state index is 13.6. The first-order valence-electron chi connectivity index (χ1n) is 13.6. The third kappa shape index (κ3) is 7.03. The Morgan fingerprint density at radius 2 is 1.88 bits per heavy atom. The van der Waals surface area contributed by atoms with Gasteiger partial charge in [0.2, 0.25) is 5.91 Å². The average molecular weight is 562 g/mol. The zero-order valence-corrected chi connectivity index (χ0v) is 23.8. The summed E-state index contributed by atoms with van der Waals surface area (Å²) in [6.07, 6.45) is 7.13. The molecular formula is C30H35N5O4S. The van der Waals surface area contributed by atoms with Crippen LogP contribution in [0.25, 0.3) is 16.7 Å². The van der Waals surface area contributed by atoms with Crippen LogP contribution in [0.5, 0.6) is 0 Å². The number of hydrogen-bond acceptors (Lipinski definition) is 7. The van der Waals surface area contributed by atoms with E-state index in [4.69, 9.17) is 4.98 Å². The van der Waals surface area contributed by atoms with Gasteiger partial charge in [0.15, 0.2) is 15.6 Å². The summed E-state index contributed by atoms with van der Waals surface area (Å²) in [5.41, 5.74) is 4.94. The number of carbonyl (C=O) groups excluding carboxylic acids is 2. The van der Waals surface area contributed by atoms with Gasteiger partial charge < -0.3 is 9.88 Å². The van der Waals surface area contributed by atoms with Crippen molar-refractivity contribution >= 4 is 32.6 Å². The minimum Gasteiger partial charge on any atom is -0.355 e. The molecule has 0 bridgehead atoms. The van der Waals surface area contributed by atoms with Crippen molar-refractivity contribution in [2.45, 2.75) is 46.0 Å². The molecule has 1 N–H and O–H groups in total. The van der Waals surface area contributed by atoms with Crippen LogP contribution in [0.1, 0.15) is 59.8 Å². The van der Waals surface area contributed by atoms with Crippen LogP contribution in [0, 0.1) is 18.3 Å². The molecule has 1 saturated heterocycles. The molecule has 0 aliphatic carbocycles. The number of nitrogens with zero attached hydrogens (tertiary/aromatic N) is 4. The highest BCUT2D eigenvalue weighted by Gasteiger charge is 2.24. The highest BCUT2D eigenvalue weighted by atomic mass is 32.2. The van der Waals surface area contributed by atoms with E-state index in [0.717, 1.165) is 53.8 Å². The van der Waals surface area contributed by atoms with E-state index in [1.165, 1.54) is 12.5 Å². The van der Waals surface area contributed by atoms with E-state index in [1.807, 2.05) is 29.7 Å². The number of carbonyl (C=O) groups is 2. The van der Waals surface area contributed by atoms with Gasteiger partial charge in [-0.15, -0.1) is 0 Å². The van der Waals surface area contributed by atoms with E-state index < -0.39 is 9.84 Å². The van der Waals surface area contributed by atoms with E-state index in [9.17, 15) is 23.3 Å². The fourth-order valence-corrected chi connectivity index (χ4v) is 6.10. The molecule has 1 amide bonds. The second-order valence-corrected chi connectivity index (χ2v) is 12.1. The Kier molecular flexibility index (Phi) is 9.50. The Hall–Kier alpha value is -3.81. The van der Waals surface area contributed by atoms with Gasteiger partial charge in [-0.1, -0.05) is 12.5 Å². The van der Waals surface area contributed by atoms with E-state index in [1.54, 1.807) is 25.3 Å². The third-order valence-electron chi connectivity index (χ3n) is 7.14. The molecule has 40 heavy (non-hydrogen) atoms.